The summed E-state index contributed by atoms with van der Waals surface area (Å²) in [4.78, 5) is 16.5. The molecule has 1 N–H and O–H groups in total. The van der Waals surface area contributed by atoms with E-state index in [1.807, 2.05) is 4.57 Å². The largest absolute Gasteiger partial charge is 0.391 e. The van der Waals surface area contributed by atoms with Gasteiger partial charge in [0.05, 0.1) is 19.0 Å². The van der Waals surface area contributed by atoms with Gasteiger partial charge in [0.25, 0.3) is 0 Å². The Hall–Kier alpha value is -2.49. The van der Waals surface area contributed by atoms with Crippen LogP contribution in [0.3, 0.4) is 0 Å². The van der Waals surface area contributed by atoms with Crippen molar-refractivity contribution in [2.75, 3.05) is 18.0 Å². The van der Waals surface area contributed by atoms with Gasteiger partial charge in [0, 0.05) is 24.9 Å². The number of hydrogen-bond donors (Lipinski definition) is 1. The van der Waals surface area contributed by atoms with E-state index >= 15 is 0 Å². The fourth-order valence-electron chi connectivity index (χ4n) is 4.03. The zero-order chi connectivity index (χ0) is 20.2. The Morgan fingerprint density at radius 1 is 1.14 bits per heavy atom. The lowest BCUT2D eigenvalue weighted by atomic mass is 9.95. The molecule has 1 unspecified atom stereocenters. The predicted octanol–water partition coefficient (Wildman–Crippen LogP) is 3.02. The van der Waals surface area contributed by atoms with Gasteiger partial charge in [-0.25, -0.2) is 15.0 Å². The second-order valence-electron chi connectivity index (χ2n) is 9.56. The molecule has 3 aliphatic rings. The van der Waals surface area contributed by atoms with E-state index in [9.17, 15) is 5.11 Å². The van der Waals surface area contributed by atoms with Gasteiger partial charge in [0.1, 0.15) is 5.82 Å². The maximum absolute atomic E-state index is 10.0. The van der Waals surface area contributed by atoms with Crippen molar-refractivity contribution in [3.05, 3.63) is 12.2 Å². The Labute approximate surface area is 169 Å². The summed E-state index contributed by atoms with van der Waals surface area (Å²) in [6.45, 7) is 8.15. The SMILES string of the molecule is CC(C)(C)c1nc(N2CCC(O)C2)c2ncn(CC3(CC4CC4)N=NN=N3)c2n1. The second-order valence-corrected chi connectivity index (χ2v) is 9.56. The molecule has 29 heavy (non-hydrogen) atoms. The highest BCUT2D eigenvalue weighted by atomic mass is 16.3. The average Bonchev–Trinajstić information content (AvgIpc) is 3.04. The van der Waals surface area contributed by atoms with Gasteiger partial charge in [-0.3, -0.25) is 0 Å². The number of anilines is 1. The minimum Gasteiger partial charge on any atom is -0.391 e. The number of imidazole rings is 1. The van der Waals surface area contributed by atoms with Crippen LogP contribution in [-0.2, 0) is 12.0 Å². The number of aromatic nitrogens is 4. The molecule has 1 aliphatic carbocycles. The summed E-state index contributed by atoms with van der Waals surface area (Å²) in [5, 5.41) is 26.4. The first-order valence-corrected chi connectivity index (χ1v) is 10.3. The number of aliphatic hydroxyl groups excluding tert-OH is 1. The summed E-state index contributed by atoms with van der Waals surface area (Å²) < 4.78 is 2.01. The first-order valence-electron chi connectivity index (χ1n) is 10.3. The fraction of sp³-hybridized carbons (Fsp3) is 0.737. The van der Waals surface area contributed by atoms with Gasteiger partial charge in [0.15, 0.2) is 17.0 Å². The highest BCUT2D eigenvalue weighted by molar-refractivity contribution is 5.84. The molecule has 2 fully saturated rings. The fourth-order valence-corrected chi connectivity index (χ4v) is 4.03. The van der Waals surface area contributed by atoms with E-state index in [2.05, 4.69) is 51.3 Å². The van der Waals surface area contributed by atoms with Gasteiger partial charge in [-0.1, -0.05) is 33.6 Å². The third kappa shape index (κ3) is 3.50. The van der Waals surface area contributed by atoms with E-state index in [1.165, 1.54) is 12.8 Å². The number of fused-ring (bicyclic) bond motifs is 1. The summed E-state index contributed by atoms with van der Waals surface area (Å²) >= 11 is 0. The lowest BCUT2D eigenvalue weighted by Gasteiger charge is -2.23. The molecule has 10 nitrogen and oxygen atoms in total. The first-order chi connectivity index (χ1) is 13.8. The van der Waals surface area contributed by atoms with E-state index in [0.717, 1.165) is 42.2 Å². The van der Waals surface area contributed by atoms with Crippen molar-refractivity contribution in [1.82, 2.24) is 19.5 Å². The van der Waals surface area contributed by atoms with Crippen LogP contribution in [0.5, 0.6) is 0 Å². The van der Waals surface area contributed by atoms with Crippen LogP contribution in [0.1, 0.15) is 52.3 Å². The molecule has 0 bridgehead atoms. The van der Waals surface area contributed by atoms with Gasteiger partial charge in [-0.05, 0) is 22.8 Å². The number of hydrogen-bond acceptors (Lipinski definition) is 9. The Bertz CT molecular complexity index is 973. The minimum atomic E-state index is -0.661. The van der Waals surface area contributed by atoms with Crippen LogP contribution in [0.2, 0.25) is 0 Å². The molecule has 1 atom stereocenters. The summed E-state index contributed by atoms with van der Waals surface area (Å²) in [6.07, 6.45) is 5.48. The molecule has 10 heteroatoms. The van der Waals surface area contributed by atoms with Crippen LogP contribution in [0.15, 0.2) is 27.0 Å². The molecule has 1 saturated heterocycles. The maximum atomic E-state index is 10.0. The Kier molecular flexibility index (Phi) is 4.16. The number of β-amino-alcohol motifs (C(OH)–C–C–N with tert-alkyl or cyclic N) is 1. The Morgan fingerprint density at radius 3 is 2.52 bits per heavy atom. The lowest BCUT2D eigenvalue weighted by Crippen LogP contribution is -2.29. The summed E-state index contributed by atoms with van der Waals surface area (Å²) in [5.41, 5.74) is 0.648. The third-order valence-electron chi connectivity index (χ3n) is 5.82. The van der Waals surface area contributed by atoms with Crippen molar-refractivity contribution < 1.29 is 5.11 Å². The van der Waals surface area contributed by atoms with E-state index in [-0.39, 0.29) is 11.5 Å². The number of aliphatic hydroxyl groups is 1. The molecule has 2 aliphatic heterocycles. The molecule has 2 aromatic heterocycles. The van der Waals surface area contributed by atoms with Gasteiger partial charge >= 0.3 is 0 Å². The maximum Gasteiger partial charge on any atom is 0.213 e. The molecular formula is C19H27N9O. The second kappa shape index (κ2) is 6.51. The van der Waals surface area contributed by atoms with E-state index < -0.39 is 5.66 Å². The van der Waals surface area contributed by atoms with Crippen LogP contribution in [-0.4, -0.2) is 49.5 Å². The summed E-state index contributed by atoms with van der Waals surface area (Å²) in [5.74, 6) is 2.19. The predicted molar refractivity (Wildman–Crippen MR) is 107 cm³/mol. The monoisotopic (exact) mass is 397 g/mol. The standard InChI is InChI=1S/C19H27N9O/c1-18(2,3)17-21-15(27-7-6-13(29)9-27)14-16(22-17)28(11-20-14)10-19(8-12-4-5-12)23-25-26-24-19/h11-13,29H,4-10H2,1-3H3. The van der Waals surface area contributed by atoms with Gasteiger partial charge in [0.2, 0.25) is 5.66 Å². The zero-order valence-corrected chi connectivity index (χ0v) is 17.2. The quantitative estimate of drug-likeness (QED) is 0.832. The molecule has 0 aromatic carbocycles. The molecule has 4 heterocycles. The molecule has 5 rings (SSSR count). The number of rotatable bonds is 5. The van der Waals surface area contributed by atoms with Crippen LogP contribution in [0, 0.1) is 5.92 Å². The van der Waals surface area contributed by atoms with Crippen molar-refractivity contribution in [2.24, 2.45) is 26.6 Å². The van der Waals surface area contributed by atoms with Crippen molar-refractivity contribution in [2.45, 2.75) is 70.2 Å². The van der Waals surface area contributed by atoms with Crippen molar-refractivity contribution >= 4 is 17.0 Å². The van der Waals surface area contributed by atoms with Gasteiger partial charge in [-0.2, -0.15) is 0 Å². The highest BCUT2D eigenvalue weighted by Crippen LogP contribution is 2.41. The third-order valence-corrected chi connectivity index (χ3v) is 5.82. The first kappa shape index (κ1) is 18.5. The average molecular weight is 397 g/mol. The Morgan fingerprint density at radius 2 is 1.90 bits per heavy atom. The van der Waals surface area contributed by atoms with Crippen LogP contribution < -0.4 is 4.90 Å². The Balaban J connectivity index is 1.58. The lowest BCUT2D eigenvalue weighted by molar-refractivity contribution is 0.198. The van der Waals surface area contributed by atoms with Crippen LogP contribution in [0.4, 0.5) is 5.82 Å². The topological polar surface area (TPSA) is 117 Å². The van der Waals surface area contributed by atoms with Crippen molar-refractivity contribution in [1.29, 1.82) is 0 Å². The minimum absolute atomic E-state index is 0.213. The van der Waals surface area contributed by atoms with E-state index in [1.54, 1.807) is 6.33 Å². The van der Waals surface area contributed by atoms with E-state index in [4.69, 9.17) is 9.97 Å². The van der Waals surface area contributed by atoms with Crippen molar-refractivity contribution in [3.63, 3.8) is 0 Å². The molecule has 0 spiro atoms. The molecule has 0 amide bonds. The molecule has 2 aromatic rings. The summed E-state index contributed by atoms with van der Waals surface area (Å²) in [7, 11) is 0. The zero-order valence-electron chi connectivity index (χ0n) is 17.2. The molecule has 1 saturated carbocycles. The molecular weight excluding hydrogens is 370 g/mol. The van der Waals surface area contributed by atoms with E-state index in [0.29, 0.717) is 19.0 Å². The molecule has 0 radical (unpaired) electrons. The van der Waals surface area contributed by atoms with Crippen LogP contribution >= 0.6 is 0 Å². The molecule has 154 valence electrons. The number of nitrogens with zero attached hydrogens (tertiary/aromatic N) is 9. The van der Waals surface area contributed by atoms with Gasteiger partial charge < -0.3 is 14.6 Å². The van der Waals surface area contributed by atoms with Crippen LogP contribution in [0.25, 0.3) is 11.2 Å². The van der Waals surface area contributed by atoms with Crippen molar-refractivity contribution in [3.8, 4) is 0 Å². The normalized spacial score (nSPS) is 23.6. The van der Waals surface area contributed by atoms with Gasteiger partial charge in [-0.15, -0.1) is 10.2 Å². The highest BCUT2D eigenvalue weighted by Gasteiger charge is 2.41. The smallest absolute Gasteiger partial charge is 0.213 e. The summed E-state index contributed by atoms with van der Waals surface area (Å²) in [6, 6.07) is 0.